The minimum absolute atomic E-state index is 0.0236. The average molecular weight is 1250 g/mol. The summed E-state index contributed by atoms with van der Waals surface area (Å²) < 4.78 is 66.2. The van der Waals surface area contributed by atoms with E-state index in [2.05, 4.69) is 54.4 Å². The summed E-state index contributed by atoms with van der Waals surface area (Å²) in [6.45, 7) is 12.1. The zero-order valence-corrected chi connectivity index (χ0v) is 49.8. The van der Waals surface area contributed by atoms with Crippen LogP contribution in [-0.4, -0.2) is 147 Å². The maximum Gasteiger partial charge on any atom is 0.412 e. The van der Waals surface area contributed by atoms with Crippen molar-refractivity contribution in [2.75, 3.05) is 55.3 Å². The lowest BCUT2D eigenvalue weighted by Gasteiger charge is -2.42. The Morgan fingerprint density at radius 3 is 2.36 bits per heavy atom. The number of rotatable bonds is 23. The van der Waals surface area contributed by atoms with Crippen LogP contribution in [-0.2, 0) is 54.1 Å². The van der Waals surface area contributed by atoms with Crippen LogP contribution in [0.25, 0.3) is 0 Å². The summed E-state index contributed by atoms with van der Waals surface area (Å²) in [5.41, 5.74) is 2.30. The Balaban J connectivity index is 1.36. The zero-order valence-electron chi connectivity index (χ0n) is 47.5. The fourth-order valence-corrected chi connectivity index (χ4v) is 10.2. The number of aldehydes is 1. The van der Waals surface area contributed by atoms with Gasteiger partial charge in [-0.2, -0.15) is 0 Å². The molecule has 1 unspecified atom stereocenters. The Morgan fingerprint density at radius 1 is 1.05 bits per heavy atom. The highest BCUT2D eigenvalue weighted by molar-refractivity contribution is 9.09. The minimum Gasteiger partial charge on any atom is -0.495 e. The summed E-state index contributed by atoms with van der Waals surface area (Å²) in [5.74, 6) is -6.32. The Morgan fingerprint density at radius 2 is 1.73 bits per heavy atom. The maximum absolute atomic E-state index is 16.1. The first-order chi connectivity index (χ1) is 39.2. The fraction of sp³-hybridized carbons (Fsp3) is 0.536. The number of methoxy groups -OCH3 is 2. The molecule has 5 rings (SSSR count). The van der Waals surface area contributed by atoms with E-state index in [4.69, 9.17) is 45.8 Å². The molecule has 0 spiro atoms. The number of aliphatic hydroxyl groups is 1. The van der Waals surface area contributed by atoms with Crippen LogP contribution in [0.2, 0.25) is 5.02 Å². The summed E-state index contributed by atoms with van der Waals surface area (Å²) in [6.07, 6.45) is -0.461. The Bertz CT molecular complexity index is 2810. The monoisotopic (exact) mass is 1250 g/mol. The van der Waals surface area contributed by atoms with Gasteiger partial charge in [0, 0.05) is 56.1 Å². The number of nitrogens with two attached hydrogens (primary N) is 1. The van der Waals surface area contributed by atoms with Crippen molar-refractivity contribution in [2.45, 2.75) is 140 Å². The largest absolute Gasteiger partial charge is 0.495 e. The SMILES string of the molecule is C=C(CBr)C(=O)OCCCCC(C=O)N[C@H](C(=O)N[C@@H](CCCNC(N)=O)C(=O)Nc1cc(F)c(NC(=O)O[C@H]2CC(=O)N(C)c3cc(cc(OC)c3Cl)C/C(C)=C/C=C/[C@@H](OC)[C@@]3(O)C[C@H](OC(=O)N3)[C@@H](C)[C@@H]3O[C@@]23C)cc1F)C(C)C. The number of esters is 1. The van der Waals surface area contributed by atoms with Crippen LogP contribution in [0.3, 0.4) is 0 Å². The third-order valence-electron chi connectivity index (χ3n) is 14.5. The van der Waals surface area contributed by atoms with Crippen LogP contribution in [0.15, 0.2) is 60.2 Å². The highest BCUT2D eigenvalue weighted by Crippen LogP contribution is 2.49. The van der Waals surface area contributed by atoms with E-state index in [1.807, 2.05) is 6.92 Å². The van der Waals surface area contributed by atoms with Gasteiger partial charge >= 0.3 is 24.2 Å². The van der Waals surface area contributed by atoms with Gasteiger partial charge in [0.05, 0.1) is 55.4 Å². The number of ether oxygens (including phenoxy) is 6. The van der Waals surface area contributed by atoms with Gasteiger partial charge in [-0.1, -0.05) is 78.7 Å². The van der Waals surface area contributed by atoms with Gasteiger partial charge in [0.2, 0.25) is 17.7 Å². The number of benzene rings is 2. The van der Waals surface area contributed by atoms with E-state index in [-0.39, 0.29) is 66.2 Å². The van der Waals surface area contributed by atoms with E-state index in [1.165, 1.54) is 26.2 Å². The molecule has 27 heteroatoms. The second-order valence-corrected chi connectivity index (χ2v) is 22.1. The highest BCUT2D eigenvalue weighted by Gasteiger charge is 2.64. The third-order valence-corrected chi connectivity index (χ3v) is 15.5. The number of amides is 7. The van der Waals surface area contributed by atoms with Gasteiger partial charge in [-0.05, 0) is 76.0 Å². The molecule has 3 aliphatic rings. The van der Waals surface area contributed by atoms with E-state index in [9.17, 15) is 43.5 Å². The fourth-order valence-electron chi connectivity index (χ4n) is 9.66. The molecule has 3 aliphatic heterocycles. The number of nitrogens with one attached hydrogen (secondary N) is 6. The number of carbonyl (C=O) groups excluding carboxylic acids is 8. The number of alkyl carbamates (subject to hydrolysis) is 1. The molecule has 0 aromatic heterocycles. The molecule has 0 saturated carbocycles. The first-order valence-corrected chi connectivity index (χ1v) is 28.3. The summed E-state index contributed by atoms with van der Waals surface area (Å²) in [4.78, 5) is 106. The number of unbranched alkanes of at least 4 members (excludes halogenated alkanes) is 1. The van der Waals surface area contributed by atoms with Crippen LogP contribution in [0.4, 0.5) is 40.2 Å². The molecule has 0 radical (unpaired) electrons. The molecule has 7 amide bonds. The van der Waals surface area contributed by atoms with E-state index >= 15 is 8.78 Å². The number of halogens is 4. The molecule has 2 saturated heterocycles. The number of carbonyl (C=O) groups is 8. The second-order valence-electron chi connectivity index (χ2n) is 21.1. The molecule has 9 N–H and O–H groups in total. The standard InChI is InChI=1S/C56H74BrClF2N8O15/c1-29(2)47(63-34(28-69)15-10-11-19-80-51(73)31(4)27-57)50(72)64-37(16-13-18-62-52(61)74)49(71)65-38-23-36(60)39(24-35(38)59)66-53(75)82-44-25-45(70)68(7)40-21-33(22-41(78-8)46(40)58)20-30(3)14-12-17-43(79-9)56(77)26-42(81-54(76)67-56)32(5)48-55(44,6)83-48/h12,14,17,21-24,28-29,32,34,37,42-44,47-48,63,77H,4,10-11,13,15-16,18-20,25-27H2,1-3,5-9H3,(H,64,72)(H,65,71)(H,66,75)(H,67,76)(H3,61,62,74)/b17-12+,30-14+/t32-,34?,37+,42+,43-,44+,47+,48+,55+,56+/m1/s1. The first kappa shape index (κ1) is 67.1. The molecular formula is C56H74BrClF2N8O15. The van der Waals surface area contributed by atoms with Crippen molar-refractivity contribution in [1.29, 1.82) is 0 Å². The molecule has 2 fully saturated rings. The van der Waals surface area contributed by atoms with E-state index in [0.717, 1.165) is 5.57 Å². The second kappa shape index (κ2) is 30.2. The predicted molar refractivity (Wildman–Crippen MR) is 306 cm³/mol. The molecule has 3 heterocycles. The van der Waals surface area contributed by atoms with Crippen LogP contribution >= 0.6 is 27.5 Å². The molecule has 83 heavy (non-hydrogen) atoms. The van der Waals surface area contributed by atoms with Crippen molar-refractivity contribution in [3.05, 3.63) is 82.4 Å². The summed E-state index contributed by atoms with van der Waals surface area (Å²) in [6, 6.07) is 0.407. The number of hydrogen-bond acceptors (Lipinski definition) is 16. The van der Waals surface area contributed by atoms with Gasteiger partial charge in [0.1, 0.15) is 58.6 Å². The van der Waals surface area contributed by atoms with Gasteiger partial charge in [0.15, 0.2) is 5.72 Å². The van der Waals surface area contributed by atoms with Crippen molar-refractivity contribution in [3.63, 3.8) is 0 Å². The molecule has 23 nitrogen and oxygen atoms in total. The number of primary amides is 1. The number of urea groups is 1. The van der Waals surface area contributed by atoms with E-state index in [0.29, 0.717) is 43.2 Å². The van der Waals surface area contributed by atoms with Crippen LogP contribution in [0, 0.1) is 23.5 Å². The summed E-state index contributed by atoms with van der Waals surface area (Å²) in [7, 11) is 4.23. The molecule has 4 bridgehead atoms. The van der Waals surface area contributed by atoms with Crippen molar-refractivity contribution >= 4 is 92.8 Å². The number of allylic oxidation sites excluding steroid dienone is 3. The first-order valence-electron chi connectivity index (χ1n) is 26.8. The van der Waals surface area contributed by atoms with Crippen molar-refractivity contribution in [1.82, 2.24) is 21.3 Å². The lowest BCUT2D eigenvalue weighted by atomic mass is 9.83. The van der Waals surface area contributed by atoms with Gasteiger partial charge < -0.3 is 64.9 Å². The van der Waals surface area contributed by atoms with E-state index in [1.54, 1.807) is 58.1 Å². The quantitative estimate of drug-likeness (QED) is 0.0114. The Labute approximate surface area is 493 Å². The summed E-state index contributed by atoms with van der Waals surface area (Å²) in [5, 5.41) is 27.1. The Hall–Kier alpha value is -6.71. The normalized spacial score (nSPS) is 24.6. The number of alkyl halides is 1. The maximum atomic E-state index is 16.1. The van der Waals surface area contributed by atoms with Crippen molar-refractivity contribution in [3.8, 4) is 5.75 Å². The highest BCUT2D eigenvalue weighted by atomic mass is 79.9. The van der Waals surface area contributed by atoms with E-state index < -0.39 is 137 Å². The number of fused-ring (bicyclic) bond motifs is 5. The van der Waals surface area contributed by atoms with Gasteiger partial charge in [-0.25, -0.2) is 28.0 Å². The zero-order chi connectivity index (χ0) is 61.5. The average Bonchev–Trinajstić information content (AvgIpc) is 3.54. The van der Waals surface area contributed by atoms with Crippen molar-refractivity contribution < 1.29 is 80.7 Å². The lowest BCUT2D eigenvalue weighted by Crippen LogP contribution is -2.63. The number of epoxide rings is 1. The third kappa shape index (κ3) is 18.1. The van der Waals surface area contributed by atoms with Gasteiger partial charge in [-0.3, -0.25) is 30.3 Å². The molecule has 10 atom stereocenters. The van der Waals surface area contributed by atoms with Gasteiger partial charge in [-0.15, -0.1) is 0 Å². The van der Waals surface area contributed by atoms with Crippen LogP contribution < -0.4 is 47.3 Å². The smallest absolute Gasteiger partial charge is 0.412 e. The molecular weight excluding hydrogens is 1180 g/mol. The molecule has 2 aromatic rings. The molecule has 456 valence electrons. The lowest BCUT2D eigenvalue weighted by molar-refractivity contribution is -0.142. The topological polar surface area (TPSA) is 317 Å². The molecule has 0 aliphatic carbocycles. The van der Waals surface area contributed by atoms with Crippen LogP contribution in [0.5, 0.6) is 5.75 Å². The molecule has 2 aromatic carbocycles. The summed E-state index contributed by atoms with van der Waals surface area (Å²) >= 11 is 9.93. The number of anilines is 3. The van der Waals surface area contributed by atoms with Crippen molar-refractivity contribution in [2.24, 2.45) is 17.6 Å². The van der Waals surface area contributed by atoms with Crippen LogP contribution in [0.1, 0.15) is 85.1 Å². The minimum atomic E-state index is -1.96. The van der Waals surface area contributed by atoms with Gasteiger partial charge in [0.25, 0.3) is 0 Å². The Kier molecular flexibility index (Phi) is 24.4. The number of nitrogens with zero attached hydrogens (tertiary/aromatic N) is 1. The number of hydrogen-bond donors (Lipinski definition) is 8. The predicted octanol–water partition coefficient (Wildman–Crippen LogP) is 6.37.